The number of carbonyl (C=O) groups excluding carboxylic acids is 1. The molecule has 0 radical (unpaired) electrons. The minimum atomic E-state index is -0.0639. The molecule has 0 aliphatic heterocycles. The Hall–Kier alpha value is -2.10. The topological polar surface area (TPSA) is 57.8 Å². The van der Waals surface area contributed by atoms with Crippen molar-refractivity contribution in [3.63, 3.8) is 0 Å². The third-order valence-electron chi connectivity index (χ3n) is 3.59. The van der Waals surface area contributed by atoms with Crippen LogP contribution in [0.15, 0.2) is 42.7 Å². The van der Waals surface area contributed by atoms with Crippen molar-refractivity contribution >= 4 is 5.91 Å². The monoisotopic (exact) mass is 241 g/mol. The summed E-state index contributed by atoms with van der Waals surface area (Å²) in [7, 11) is 0. The van der Waals surface area contributed by atoms with E-state index in [2.05, 4.69) is 27.6 Å². The van der Waals surface area contributed by atoms with Crippen molar-refractivity contribution in [1.29, 1.82) is 0 Å². The quantitative estimate of drug-likeness (QED) is 0.858. The highest BCUT2D eigenvalue weighted by atomic mass is 16.1. The van der Waals surface area contributed by atoms with Gasteiger partial charge in [0.15, 0.2) is 0 Å². The molecule has 2 aromatic rings. The lowest BCUT2D eigenvalue weighted by molar-refractivity contribution is 0.0950. The first-order valence-electron chi connectivity index (χ1n) is 6.13. The number of aromatic nitrogens is 2. The molecule has 0 bridgehead atoms. The van der Waals surface area contributed by atoms with Crippen LogP contribution in [0.2, 0.25) is 0 Å². The van der Waals surface area contributed by atoms with E-state index in [0.717, 1.165) is 12.8 Å². The Morgan fingerprint density at radius 2 is 2.11 bits per heavy atom. The highest BCUT2D eigenvalue weighted by Gasteiger charge is 2.44. The maximum atomic E-state index is 11.8. The molecule has 1 amide bonds. The fraction of sp³-hybridized carbons (Fsp3) is 0.286. The molecule has 0 atom stereocenters. The maximum absolute atomic E-state index is 11.8. The second kappa shape index (κ2) is 4.29. The summed E-state index contributed by atoms with van der Waals surface area (Å²) in [6.45, 7) is 0.695. The minimum absolute atomic E-state index is 0.0639. The number of hydrogen-bond acceptors (Lipinski definition) is 2. The lowest BCUT2D eigenvalue weighted by Gasteiger charge is -2.16. The Bertz CT molecular complexity index is 529. The van der Waals surface area contributed by atoms with Gasteiger partial charge in [0.05, 0.1) is 11.8 Å². The van der Waals surface area contributed by atoms with Gasteiger partial charge in [0.2, 0.25) is 0 Å². The van der Waals surface area contributed by atoms with Crippen LogP contribution < -0.4 is 5.32 Å². The second-order valence-corrected chi connectivity index (χ2v) is 4.82. The number of hydrogen-bond donors (Lipinski definition) is 2. The Kier molecular flexibility index (Phi) is 2.63. The summed E-state index contributed by atoms with van der Waals surface area (Å²) in [6.07, 6.45) is 5.43. The second-order valence-electron chi connectivity index (χ2n) is 4.82. The Morgan fingerprint density at radius 1 is 1.33 bits per heavy atom. The van der Waals surface area contributed by atoms with Crippen molar-refractivity contribution in [2.24, 2.45) is 0 Å². The predicted octanol–water partition coefficient (Wildman–Crippen LogP) is 1.87. The number of rotatable bonds is 4. The van der Waals surface area contributed by atoms with Gasteiger partial charge in [-0.2, -0.15) is 5.10 Å². The molecule has 1 aliphatic carbocycles. The maximum Gasteiger partial charge on any atom is 0.254 e. The highest BCUT2D eigenvalue weighted by Crippen LogP contribution is 2.47. The average molecular weight is 241 g/mol. The number of H-pyrrole nitrogens is 1. The van der Waals surface area contributed by atoms with Crippen LogP contribution in [0.1, 0.15) is 28.8 Å². The summed E-state index contributed by atoms with van der Waals surface area (Å²) >= 11 is 0. The Morgan fingerprint density at radius 3 is 2.72 bits per heavy atom. The fourth-order valence-corrected chi connectivity index (χ4v) is 2.24. The summed E-state index contributed by atoms with van der Waals surface area (Å²) < 4.78 is 0. The van der Waals surface area contributed by atoms with E-state index < -0.39 is 0 Å². The zero-order chi connectivity index (χ0) is 12.4. The molecule has 1 aromatic carbocycles. The van der Waals surface area contributed by atoms with Gasteiger partial charge in [-0.15, -0.1) is 0 Å². The molecular weight excluding hydrogens is 226 g/mol. The summed E-state index contributed by atoms with van der Waals surface area (Å²) in [5, 5.41) is 9.41. The Balaban J connectivity index is 1.66. The number of benzene rings is 1. The molecular formula is C14H15N3O. The largest absolute Gasteiger partial charge is 0.351 e. The molecule has 2 N–H and O–H groups in total. The number of aromatic amines is 1. The van der Waals surface area contributed by atoms with E-state index in [1.54, 1.807) is 6.20 Å². The number of carbonyl (C=O) groups is 1. The van der Waals surface area contributed by atoms with Crippen molar-refractivity contribution < 1.29 is 4.79 Å². The van der Waals surface area contributed by atoms with Crippen LogP contribution in [-0.4, -0.2) is 22.6 Å². The number of amides is 1. The van der Waals surface area contributed by atoms with Gasteiger partial charge < -0.3 is 5.32 Å². The van der Waals surface area contributed by atoms with E-state index in [-0.39, 0.29) is 11.3 Å². The molecule has 1 aliphatic rings. The third-order valence-corrected chi connectivity index (χ3v) is 3.59. The normalized spacial score (nSPS) is 16.2. The molecule has 18 heavy (non-hydrogen) atoms. The van der Waals surface area contributed by atoms with Crippen molar-refractivity contribution in [3.8, 4) is 0 Å². The van der Waals surface area contributed by atoms with Crippen LogP contribution in [0.3, 0.4) is 0 Å². The molecule has 4 heteroatoms. The summed E-state index contributed by atoms with van der Waals surface area (Å²) in [4.78, 5) is 11.8. The highest BCUT2D eigenvalue weighted by molar-refractivity contribution is 5.93. The summed E-state index contributed by atoms with van der Waals surface area (Å²) in [5.74, 6) is -0.0639. The van der Waals surface area contributed by atoms with Gasteiger partial charge >= 0.3 is 0 Å². The summed E-state index contributed by atoms with van der Waals surface area (Å²) in [6, 6.07) is 10.4. The van der Waals surface area contributed by atoms with Gasteiger partial charge in [-0.25, -0.2) is 0 Å². The van der Waals surface area contributed by atoms with Crippen LogP contribution in [-0.2, 0) is 5.41 Å². The predicted molar refractivity (Wildman–Crippen MR) is 68.3 cm³/mol. The molecule has 3 rings (SSSR count). The van der Waals surface area contributed by atoms with E-state index in [1.807, 2.05) is 18.2 Å². The zero-order valence-electron chi connectivity index (χ0n) is 10.0. The molecule has 1 saturated carbocycles. The smallest absolute Gasteiger partial charge is 0.254 e. The van der Waals surface area contributed by atoms with Crippen LogP contribution in [0.5, 0.6) is 0 Å². The number of nitrogens with zero attached hydrogens (tertiary/aromatic N) is 1. The van der Waals surface area contributed by atoms with Crippen LogP contribution in [0.4, 0.5) is 0 Å². The third kappa shape index (κ3) is 2.01. The van der Waals surface area contributed by atoms with Gasteiger partial charge in [0, 0.05) is 18.2 Å². The average Bonchev–Trinajstić information content (AvgIpc) is 3.01. The van der Waals surface area contributed by atoms with E-state index in [4.69, 9.17) is 0 Å². The van der Waals surface area contributed by atoms with E-state index in [0.29, 0.717) is 12.1 Å². The number of nitrogens with one attached hydrogen (secondary N) is 2. The zero-order valence-corrected chi connectivity index (χ0v) is 10.0. The lowest BCUT2D eigenvalue weighted by Crippen LogP contribution is -2.32. The standard InChI is InChI=1S/C14H15N3O/c18-13(11-8-16-17-9-11)15-10-14(6-7-14)12-4-2-1-3-5-12/h1-5,8-9H,6-7,10H2,(H,15,18)(H,16,17). The molecule has 92 valence electrons. The van der Waals surface area contributed by atoms with Gasteiger partial charge in [-0.05, 0) is 18.4 Å². The van der Waals surface area contributed by atoms with Gasteiger partial charge in [0.25, 0.3) is 5.91 Å². The molecule has 0 saturated heterocycles. The minimum Gasteiger partial charge on any atom is -0.351 e. The van der Waals surface area contributed by atoms with E-state index in [9.17, 15) is 4.79 Å². The first-order valence-corrected chi connectivity index (χ1v) is 6.13. The van der Waals surface area contributed by atoms with Crippen molar-refractivity contribution in [3.05, 3.63) is 53.9 Å². The van der Waals surface area contributed by atoms with E-state index in [1.165, 1.54) is 11.8 Å². The lowest BCUT2D eigenvalue weighted by atomic mass is 9.96. The van der Waals surface area contributed by atoms with Gasteiger partial charge in [-0.3, -0.25) is 9.89 Å². The first kappa shape index (κ1) is 11.0. The fourth-order valence-electron chi connectivity index (χ4n) is 2.24. The SMILES string of the molecule is O=C(NCC1(c2ccccc2)CC1)c1cn[nH]c1. The van der Waals surface area contributed by atoms with Crippen molar-refractivity contribution in [1.82, 2.24) is 15.5 Å². The molecule has 0 unspecified atom stereocenters. The van der Waals surface area contributed by atoms with Crippen LogP contribution in [0.25, 0.3) is 0 Å². The molecule has 0 spiro atoms. The van der Waals surface area contributed by atoms with Gasteiger partial charge in [0.1, 0.15) is 0 Å². The van der Waals surface area contributed by atoms with E-state index >= 15 is 0 Å². The van der Waals surface area contributed by atoms with Gasteiger partial charge in [-0.1, -0.05) is 30.3 Å². The van der Waals surface area contributed by atoms with Crippen LogP contribution >= 0.6 is 0 Å². The Labute approximate surface area is 105 Å². The molecule has 4 nitrogen and oxygen atoms in total. The first-order chi connectivity index (χ1) is 8.80. The molecule has 1 aromatic heterocycles. The molecule has 1 heterocycles. The van der Waals surface area contributed by atoms with Crippen LogP contribution in [0, 0.1) is 0 Å². The molecule has 1 fully saturated rings. The van der Waals surface area contributed by atoms with Crippen molar-refractivity contribution in [2.45, 2.75) is 18.3 Å². The summed E-state index contributed by atoms with van der Waals surface area (Å²) in [5.41, 5.74) is 2.05. The van der Waals surface area contributed by atoms with Crippen molar-refractivity contribution in [2.75, 3.05) is 6.54 Å².